The minimum Gasteiger partial charge on any atom is -0.328 e. The summed E-state index contributed by atoms with van der Waals surface area (Å²) in [6.07, 6.45) is 3.52. The fraction of sp³-hybridized carbons (Fsp3) is 0.500. The summed E-state index contributed by atoms with van der Waals surface area (Å²) in [6, 6.07) is 6.55. The molecule has 0 radical (unpaired) electrons. The molecule has 1 aromatic rings. The van der Waals surface area contributed by atoms with Crippen molar-refractivity contribution in [3.8, 4) is 0 Å². The summed E-state index contributed by atoms with van der Waals surface area (Å²) >= 11 is 0.492. The summed E-state index contributed by atoms with van der Waals surface area (Å²) in [5, 5.41) is 2.82. The molecule has 3 nitrogen and oxygen atoms in total. The van der Waals surface area contributed by atoms with Gasteiger partial charge in [-0.15, -0.1) is 12.4 Å². The highest BCUT2D eigenvalue weighted by Gasteiger charge is 2.25. The molecule has 1 amide bonds. The fourth-order valence-corrected chi connectivity index (χ4v) is 2.93. The Balaban J connectivity index is 0.00000220. The Morgan fingerprint density at radius 3 is 2.52 bits per heavy atom. The van der Waals surface area contributed by atoms with Crippen molar-refractivity contribution in [2.75, 3.05) is 5.32 Å². The molecule has 1 aliphatic rings. The molecule has 1 fully saturated rings. The number of benzene rings is 1. The van der Waals surface area contributed by atoms with E-state index in [1.807, 2.05) is 0 Å². The molecule has 0 heterocycles. The number of halogens is 3. The van der Waals surface area contributed by atoms with Gasteiger partial charge in [-0.3, -0.25) is 4.79 Å². The molecule has 1 aromatic carbocycles. The summed E-state index contributed by atoms with van der Waals surface area (Å²) in [5.41, 5.74) is 6.50. The average molecular weight is 337 g/mol. The first-order valence-corrected chi connectivity index (χ1v) is 7.54. The number of hydrogen-bond donors (Lipinski definition) is 2. The minimum absolute atomic E-state index is 0. The van der Waals surface area contributed by atoms with Crippen molar-refractivity contribution in [3.05, 3.63) is 24.3 Å². The van der Waals surface area contributed by atoms with Gasteiger partial charge in [0.2, 0.25) is 5.91 Å². The van der Waals surface area contributed by atoms with Crippen LogP contribution in [0.25, 0.3) is 0 Å². The normalized spacial score (nSPS) is 21.7. The highest BCUT2D eigenvalue weighted by Crippen LogP contribution is 2.27. The summed E-state index contributed by atoms with van der Waals surface area (Å²) in [7, 11) is 0. The monoisotopic (exact) mass is 336 g/mol. The Bertz CT molecular complexity index is 459. The van der Waals surface area contributed by atoms with E-state index in [0.29, 0.717) is 28.8 Å². The van der Waals surface area contributed by atoms with E-state index in [-0.39, 0.29) is 30.3 Å². The molecular weight excluding hydrogens is 318 g/mol. The number of nitrogens with one attached hydrogen (secondary N) is 1. The number of nitrogens with two attached hydrogens (primary N) is 1. The number of carbonyl (C=O) groups excluding carboxylic acids is 1. The van der Waals surface area contributed by atoms with Crippen molar-refractivity contribution in [2.24, 2.45) is 11.7 Å². The molecule has 3 N–H and O–H groups in total. The summed E-state index contributed by atoms with van der Waals surface area (Å²) in [5.74, 6) is -2.51. The standard InChI is InChI=1S/C14H18F2N2OS.ClH/c15-14(16)20-12-6-4-11(5-7-12)18-13(19)9-2-1-3-10(17)8-9;/h4-7,9-10,14H,1-3,8,17H2,(H,18,19);1H. The van der Waals surface area contributed by atoms with Gasteiger partial charge in [-0.1, -0.05) is 18.2 Å². The molecule has 0 saturated heterocycles. The van der Waals surface area contributed by atoms with E-state index in [4.69, 9.17) is 5.73 Å². The van der Waals surface area contributed by atoms with E-state index in [2.05, 4.69) is 5.32 Å². The van der Waals surface area contributed by atoms with Crippen LogP contribution < -0.4 is 11.1 Å². The zero-order valence-corrected chi connectivity index (χ0v) is 13.1. The molecule has 1 aliphatic carbocycles. The lowest BCUT2D eigenvalue weighted by Crippen LogP contribution is -2.34. The van der Waals surface area contributed by atoms with Gasteiger partial charge < -0.3 is 11.1 Å². The predicted octanol–water partition coefficient (Wildman–Crippen LogP) is 3.88. The second kappa shape index (κ2) is 8.56. The summed E-state index contributed by atoms with van der Waals surface area (Å²) in [4.78, 5) is 12.6. The van der Waals surface area contributed by atoms with Gasteiger partial charge in [-0.2, -0.15) is 8.78 Å². The van der Waals surface area contributed by atoms with Crippen LogP contribution in [0.5, 0.6) is 0 Å². The van der Waals surface area contributed by atoms with E-state index in [0.717, 1.165) is 19.3 Å². The lowest BCUT2D eigenvalue weighted by molar-refractivity contribution is -0.120. The quantitative estimate of drug-likeness (QED) is 0.820. The molecule has 0 spiro atoms. The van der Waals surface area contributed by atoms with Gasteiger partial charge in [0.25, 0.3) is 5.76 Å². The molecule has 21 heavy (non-hydrogen) atoms. The predicted molar refractivity (Wildman–Crippen MR) is 84.1 cm³/mol. The van der Waals surface area contributed by atoms with Gasteiger partial charge in [0.15, 0.2) is 0 Å². The first-order valence-electron chi connectivity index (χ1n) is 6.66. The number of anilines is 1. The topological polar surface area (TPSA) is 55.1 Å². The Hall–Kier alpha value is -0.850. The SMILES string of the molecule is Cl.NC1CCCC(C(=O)Nc2ccc(SC(F)F)cc2)C1. The van der Waals surface area contributed by atoms with Crippen molar-refractivity contribution in [1.82, 2.24) is 0 Å². The summed E-state index contributed by atoms with van der Waals surface area (Å²) in [6.45, 7) is 0. The van der Waals surface area contributed by atoms with E-state index in [1.54, 1.807) is 24.3 Å². The first-order chi connectivity index (χ1) is 9.54. The number of carbonyl (C=O) groups is 1. The Morgan fingerprint density at radius 2 is 1.95 bits per heavy atom. The van der Waals surface area contributed by atoms with Gasteiger partial charge in [-0.25, -0.2) is 0 Å². The number of thioether (sulfide) groups is 1. The van der Waals surface area contributed by atoms with Gasteiger partial charge >= 0.3 is 0 Å². The Labute approximate surface area is 133 Å². The van der Waals surface area contributed by atoms with Crippen LogP contribution >= 0.6 is 24.2 Å². The number of amides is 1. The van der Waals surface area contributed by atoms with E-state index >= 15 is 0 Å². The van der Waals surface area contributed by atoms with E-state index in [9.17, 15) is 13.6 Å². The largest absolute Gasteiger partial charge is 0.328 e. The highest BCUT2D eigenvalue weighted by molar-refractivity contribution is 7.99. The van der Waals surface area contributed by atoms with Crippen LogP contribution in [-0.2, 0) is 4.79 Å². The lowest BCUT2D eigenvalue weighted by Gasteiger charge is -2.25. The number of rotatable bonds is 4. The van der Waals surface area contributed by atoms with Crippen LogP contribution in [0.2, 0.25) is 0 Å². The number of hydrogen-bond acceptors (Lipinski definition) is 3. The molecule has 7 heteroatoms. The van der Waals surface area contributed by atoms with Crippen LogP contribution in [0, 0.1) is 5.92 Å². The van der Waals surface area contributed by atoms with E-state index in [1.165, 1.54) is 0 Å². The third-order valence-electron chi connectivity index (χ3n) is 3.43. The van der Waals surface area contributed by atoms with Crippen molar-refractivity contribution >= 4 is 35.8 Å². The maximum absolute atomic E-state index is 12.2. The van der Waals surface area contributed by atoms with Gasteiger partial charge in [0.1, 0.15) is 0 Å². The third kappa shape index (κ3) is 5.80. The van der Waals surface area contributed by atoms with Gasteiger partial charge in [-0.05, 0) is 43.5 Å². The Kier molecular flexibility index (Phi) is 7.42. The molecule has 1 saturated carbocycles. The molecule has 0 bridgehead atoms. The second-order valence-electron chi connectivity index (χ2n) is 5.02. The van der Waals surface area contributed by atoms with Crippen molar-refractivity contribution < 1.29 is 13.6 Å². The molecule has 2 rings (SSSR count). The average Bonchev–Trinajstić information content (AvgIpc) is 2.40. The molecule has 2 atom stereocenters. The zero-order chi connectivity index (χ0) is 14.5. The van der Waals surface area contributed by atoms with Gasteiger partial charge in [0.05, 0.1) is 0 Å². The highest BCUT2D eigenvalue weighted by atomic mass is 35.5. The van der Waals surface area contributed by atoms with Crippen LogP contribution in [0.1, 0.15) is 25.7 Å². The third-order valence-corrected chi connectivity index (χ3v) is 4.16. The molecule has 118 valence electrons. The molecule has 2 unspecified atom stereocenters. The van der Waals surface area contributed by atoms with Crippen LogP contribution in [-0.4, -0.2) is 17.7 Å². The molecular formula is C14H19ClF2N2OS. The zero-order valence-electron chi connectivity index (χ0n) is 11.4. The van der Waals surface area contributed by atoms with Crippen molar-refractivity contribution in [2.45, 2.75) is 42.4 Å². The van der Waals surface area contributed by atoms with Crippen molar-refractivity contribution in [1.29, 1.82) is 0 Å². The molecule has 0 aromatic heterocycles. The van der Waals surface area contributed by atoms with Crippen LogP contribution in [0.3, 0.4) is 0 Å². The fourth-order valence-electron chi connectivity index (χ4n) is 2.43. The van der Waals surface area contributed by atoms with Gasteiger partial charge in [0, 0.05) is 22.5 Å². The minimum atomic E-state index is -2.43. The van der Waals surface area contributed by atoms with E-state index < -0.39 is 5.76 Å². The van der Waals surface area contributed by atoms with Crippen LogP contribution in [0.15, 0.2) is 29.2 Å². The van der Waals surface area contributed by atoms with Crippen molar-refractivity contribution in [3.63, 3.8) is 0 Å². The maximum atomic E-state index is 12.2. The second-order valence-corrected chi connectivity index (χ2v) is 6.08. The Morgan fingerprint density at radius 1 is 1.29 bits per heavy atom. The summed E-state index contributed by atoms with van der Waals surface area (Å²) < 4.78 is 24.4. The van der Waals surface area contributed by atoms with Crippen LogP contribution in [0.4, 0.5) is 14.5 Å². The molecule has 0 aliphatic heterocycles. The number of alkyl halides is 2. The lowest BCUT2D eigenvalue weighted by atomic mass is 9.85. The maximum Gasteiger partial charge on any atom is 0.288 e. The first kappa shape index (κ1) is 18.2. The smallest absolute Gasteiger partial charge is 0.288 e.